The minimum Gasteiger partial charge on any atom is -0.229 e. The van der Waals surface area contributed by atoms with E-state index in [1.54, 1.807) is 0 Å². The average Bonchev–Trinajstić information content (AvgIpc) is 2.27. The van der Waals surface area contributed by atoms with E-state index in [2.05, 4.69) is 0 Å². The lowest BCUT2D eigenvalue weighted by Crippen LogP contribution is -2.67. The zero-order valence-corrected chi connectivity index (χ0v) is 8.54. The summed E-state index contributed by atoms with van der Waals surface area (Å²) >= 11 is 0. The topological polar surface area (TPSA) is 0 Å². The molecule has 0 nitrogen and oxygen atoms in total. The maximum Gasteiger partial charge on any atom is 0.385 e. The van der Waals surface area contributed by atoms with Gasteiger partial charge in [-0.1, -0.05) is 0 Å². The summed E-state index contributed by atoms with van der Waals surface area (Å²) in [5.74, 6) is -39.9. The highest BCUT2D eigenvalue weighted by molar-refractivity contribution is 5.16. The highest BCUT2D eigenvalue weighted by Gasteiger charge is 2.87. The summed E-state index contributed by atoms with van der Waals surface area (Å²) < 4.78 is 147. The second kappa shape index (κ2) is 4.72. The molecule has 0 aromatic rings. The Morgan fingerprint density at radius 2 is 1.05 bits per heavy atom. The summed E-state index contributed by atoms with van der Waals surface area (Å²) in [7, 11) is 0. The highest BCUT2D eigenvalue weighted by atomic mass is 19.4. The zero-order chi connectivity index (χ0) is 16.8. The van der Waals surface area contributed by atoms with E-state index >= 15 is 0 Å². The van der Waals surface area contributed by atoms with Crippen LogP contribution in [0.25, 0.3) is 0 Å². The van der Waals surface area contributed by atoms with Crippen molar-refractivity contribution < 1.29 is 52.7 Å². The van der Waals surface area contributed by atoms with Gasteiger partial charge in [0.2, 0.25) is 0 Å². The third kappa shape index (κ3) is 2.22. The lowest BCUT2D eigenvalue weighted by atomic mass is 9.94. The van der Waals surface area contributed by atoms with Crippen LogP contribution in [0.4, 0.5) is 52.7 Å². The quantitative estimate of drug-likeness (QED) is 0.638. The smallest absolute Gasteiger partial charge is 0.229 e. The van der Waals surface area contributed by atoms with Crippen LogP contribution >= 0.6 is 0 Å². The maximum atomic E-state index is 12.6. The Morgan fingerprint density at radius 1 is 0.700 bits per heavy atom. The van der Waals surface area contributed by atoms with Crippen LogP contribution in [-0.4, -0.2) is 29.6 Å². The number of halogens is 12. The summed E-state index contributed by atoms with van der Waals surface area (Å²) in [6.07, 6.45) is 0. The standard InChI is InChI=1S/C8F12/c1-3(10)5(13,14)7(17,18)8(19,20)6(15,16)4(11,12)2-9. The molecule has 0 fully saturated rings. The first-order valence-electron chi connectivity index (χ1n) is 4.02. The molecule has 0 aliphatic heterocycles. The van der Waals surface area contributed by atoms with Crippen LogP contribution in [0.2, 0.25) is 0 Å². The molecule has 0 bridgehead atoms. The SMILES string of the molecule is [C]=C(F)C(F)(F)C(F)(F)C(F)(F)C(F)(F)C(F)(F)[C]F. The predicted molar refractivity (Wildman–Crippen MR) is 37.0 cm³/mol. The van der Waals surface area contributed by atoms with Crippen LogP contribution in [0.1, 0.15) is 0 Å². The van der Waals surface area contributed by atoms with Gasteiger partial charge in [0.15, 0.2) is 5.83 Å². The van der Waals surface area contributed by atoms with Gasteiger partial charge in [-0.15, -0.1) is 0 Å². The van der Waals surface area contributed by atoms with E-state index in [9.17, 15) is 52.7 Å². The number of hydrogen-bond acceptors (Lipinski definition) is 0. The second-order valence-electron chi connectivity index (χ2n) is 3.28. The molecule has 0 aromatic heterocycles. The molecule has 0 aliphatic carbocycles. The molecule has 0 heterocycles. The minimum absolute atomic E-state index is 1.25. The Morgan fingerprint density at radius 3 is 1.30 bits per heavy atom. The zero-order valence-electron chi connectivity index (χ0n) is 8.54. The van der Waals surface area contributed by atoms with E-state index in [0.717, 1.165) is 0 Å². The first-order valence-corrected chi connectivity index (χ1v) is 4.02. The van der Waals surface area contributed by atoms with E-state index in [1.807, 2.05) is 0 Å². The highest BCUT2D eigenvalue weighted by Crippen LogP contribution is 2.58. The molecule has 0 amide bonds. The normalized spacial score (nSPS) is 15.4. The van der Waals surface area contributed by atoms with Gasteiger partial charge in [0.05, 0.1) is 0 Å². The van der Waals surface area contributed by atoms with Crippen molar-refractivity contribution in [3.8, 4) is 0 Å². The summed E-state index contributed by atoms with van der Waals surface area (Å²) in [6, 6.07) is 0. The maximum absolute atomic E-state index is 12.6. The largest absolute Gasteiger partial charge is 0.385 e. The Balaban J connectivity index is 6.05. The molecule has 0 unspecified atom stereocenters. The summed E-state index contributed by atoms with van der Waals surface area (Å²) in [5, 5.41) is 0. The van der Waals surface area contributed by atoms with Gasteiger partial charge in [0.1, 0.15) is 0 Å². The van der Waals surface area contributed by atoms with Crippen LogP contribution in [-0.2, 0) is 0 Å². The molecule has 0 saturated heterocycles. The van der Waals surface area contributed by atoms with Crippen LogP contribution in [0.5, 0.6) is 0 Å². The molecule has 0 saturated carbocycles. The lowest BCUT2D eigenvalue weighted by Gasteiger charge is -2.37. The summed E-state index contributed by atoms with van der Waals surface area (Å²) in [6.45, 7) is 4.24. The van der Waals surface area contributed by atoms with Gasteiger partial charge in [0.25, 0.3) is 6.67 Å². The molecule has 0 spiro atoms. The number of hydrogen-bond donors (Lipinski definition) is 0. The first kappa shape index (κ1) is 18.9. The fraction of sp³-hybridized carbons (Fsp3) is 0.625. The number of rotatable bonds is 6. The molecular weight excluding hydrogens is 324 g/mol. The summed E-state index contributed by atoms with van der Waals surface area (Å²) in [5.41, 5.74) is 0. The number of allylic oxidation sites excluding steroid dienone is 1. The molecule has 0 aromatic carbocycles. The molecule has 0 rings (SSSR count). The van der Waals surface area contributed by atoms with Gasteiger partial charge in [-0.2, -0.15) is 43.9 Å². The summed E-state index contributed by atoms with van der Waals surface area (Å²) in [4.78, 5) is 0. The van der Waals surface area contributed by atoms with Gasteiger partial charge in [-0.3, -0.25) is 0 Å². The van der Waals surface area contributed by atoms with Gasteiger partial charge < -0.3 is 0 Å². The fourth-order valence-corrected chi connectivity index (χ4v) is 0.789. The second-order valence-corrected chi connectivity index (χ2v) is 3.28. The van der Waals surface area contributed by atoms with Crippen molar-refractivity contribution in [2.75, 3.05) is 0 Å². The van der Waals surface area contributed by atoms with Crippen molar-refractivity contribution in [2.45, 2.75) is 29.6 Å². The van der Waals surface area contributed by atoms with Crippen LogP contribution in [0, 0.1) is 13.3 Å². The molecule has 0 N–H and O–H groups in total. The minimum atomic E-state index is -7.61. The molecule has 4 radical (unpaired) electrons. The van der Waals surface area contributed by atoms with Crippen molar-refractivity contribution >= 4 is 0 Å². The van der Waals surface area contributed by atoms with E-state index in [4.69, 9.17) is 6.58 Å². The lowest BCUT2D eigenvalue weighted by molar-refractivity contribution is -0.394. The van der Waals surface area contributed by atoms with Crippen molar-refractivity contribution in [3.05, 3.63) is 19.1 Å². The molecule has 0 atom stereocenters. The predicted octanol–water partition coefficient (Wildman–Crippen LogP) is 4.33. The van der Waals surface area contributed by atoms with Crippen LogP contribution in [0.15, 0.2) is 5.83 Å². The molecule has 20 heavy (non-hydrogen) atoms. The van der Waals surface area contributed by atoms with Gasteiger partial charge in [-0.25, -0.2) is 8.78 Å². The molecule has 12 heteroatoms. The van der Waals surface area contributed by atoms with E-state index in [0.29, 0.717) is 0 Å². The molecule has 116 valence electrons. The third-order valence-electron chi connectivity index (χ3n) is 1.97. The molecule has 0 aliphatic rings. The van der Waals surface area contributed by atoms with Gasteiger partial charge >= 0.3 is 29.6 Å². The third-order valence-corrected chi connectivity index (χ3v) is 1.97. The Kier molecular flexibility index (Phi) is 4.46. The van der Waals surface area contributed by atoms with Crippen LogP contribution in [0.3, 0.4) is 0 Å². The molecular formula is C8F12. The van der Waals surface area contributed by atoms with Crippen LogP contribution < -0.4 is 0 Å². The van der Waals surface area contributed by atoms with Crippen molar-refractivity contribution in [2.24, 2.45) is 0 Å². The Hall–Kier alpha value is -1.10. The average molecular weight is 324 g/mol. The first-order chi connectivity index (χ1) is 8.50. The van der Waals surface area contributed by atoms with Crippen molar-refractivity contribution in [1.82, 2.24) is 0 Å². The Labute approximate surface area is 103 Å². The van der Waals surface area contributed by atoms with Crippen molar-refractivity contribution in [1.29, 1.82) is 0 Å². The van der Waals surface area contributed by atoms with E-state index in [-0.39, 0.29) is 0 Å². The van der Waals surface area contributed by atoms with E-state index in [1.165, 1.54) is 0 Å². The number of alkyl halides is 10. The monoisotopic (exact) mass is 324 g/mol. The van der Waals surface area contributed by atoms with E-state index < -0.39 is 42.1 Å². The van der Waals surface area contributed by atoms with Crippen molar-refractivity contribution in [3.63, 3.8) is 0 Å². The Bertz CT molecular complexity index is 381. The fourth-order valence-electron chi connectivity index (χ4n) is 0.789. The van der Waals surface area contributed by atoms with Gasteiger partial charge in [-0.05, 0) is 0 Å². The van der Waals surface area contributed by atoms with Gasteiger partial charge in [0, 0.05) is 6.58 Å².